The molecule has 0 bridgehead atoms. The van der Waals surface area contributed by atoms with Crippen molar-refractivity contribution in [1.29, 1.82) is 0 Å². The van der Waals surface area contributed by atoms with Crippen LogP contribution in [0.1, 0.15) is 56.9 Å². The first-order valence-corrected chi connectivity index (χ1v) is 10.4. The van der Waals surface area contributed by atoms with Gasteiger partial charge in [-0.2, -0.15) is 0 Å². The molecule has 0 aromatic carbocycles. The minimum Gasteiger partial charge on any atom is -0.388 e. The number of aliphatic imine (C=N–C) groups is 1. The van der Waals surface area contributed by atoms with E-state index in [1.807, 2.05) is 20.9 Å². The Morgan fingerprint density at radius 1 is 1.46 bits per heavy atom. The van der Waals surface area contributed by atoms with Gasteiger partial charge in [0.15, 0.2) is 0 Å². The van der Waals surface area contributed by atoms with Crippen LogP contribution in [0.15, 0.2) is 17.6 Å². The average Bonchev–Trinajstić information content (AvgIpc) is 2.62. The van der Waals surface area contributed by atoms with E-state index in [9.17, 15) is 0 Å². The van der Waals surface area contributed by atoms with Crippen LogP contribution in [-0.2, 0) is 4.74 Å². The van der Waals surface area contributed by atoms with Crippen LogP contribution in [-0.4, -0.2) is 49.2 Å². The predicted molar refractivity (Wildman–Crippen MR) is 119 cm³/mol. The smallest absolute Gasteiger partial charge is 0.141 e. The van der Waals surface area contributed by atoms with E-state index in [0.29, 0.717) is 0 Å². The molecule has 28 heavy (non-hydrogen) atoms. The molecule has 1 aromatic heterocycles. The highest BCUT2D eigenvalue weighted by molar-refractivity contribution is 5.95. The summed E-state index contributed by atoms with van der Waals surface area (Å²) in [6.45, 7) is 16.4. The maximum Gasteiger partial charge on any atom is 0.141 e. The highest BCUT2D eigenvalue weighted by atomic mass is 16.5. The Morgan fingerprint density at radius 3 is 2.89 bits per heavy atom. The third-order valence-corrected chi connectivity index (χ3v) is 5.10. The summed E-state index contributed by atoms with van der Waals surface area (Å²) in [6, 6.07) is 2.17. The summed E-state index contributed by atoms with van der Waals surface area (Å²) in [5, 5.41) is 9.98. The van der Waals surface area contributed by atoms with Gasteiger partial charge in [0.25, 0.3) is 0 Å². The fraction of sp³-hybridized carbons (Fsp3) is 0.636. The molecule has 1 fully saturated rings. The molecular weight excluding hydrogens is 350 g/mol. The maximum absolute atomic E-state index is 6.30. The first-order chi connectivity index (χ1) is 13.3. The van der Waals surface area contributed by atoms with E-state index in [4.69, 9.17) is 9.73 Å². The number of anilines is 1. The van der Waals surface area contributed by atoms with Gasteiger partial charge in [0.2, 0.25) is 0 Å². The molecule has 0 saturated carbocycles. The Bertz CT molecular complexity index is 700. The zero-order chi connectivity index (χ0) is 20.7. The largest absolute Gasteiger partial charge is 0.388 e. The molecule has 1 aliphatic rings. The Balaban J connectivity index is 2.19. The fourth-order valence-corrected chi connectivity index (χ4v) is 3.76. The molecule has 3 unspecified atom stereocenters. The van der Waals surface area contributed by atoms with Gasteiger partial charge in [-0.05, 0) is 58.7 Å². The Hall–Kier alpha value is -1.92. The molecule has 1 aliphatic heterocycles. The first kappa shape index (κ1) is 22.4. The minimum absolute atomic E-state index is 0.0995. The van der Waals surface area contributed by atoms with E-state index in [2.05, 4.69) is 54.4 Å². The van der Waals surface area contributed by atoms with E-state index in [0.717, 1.165) is 66.5 Å². The fourth-order valence-electron chi connectivity index (χ4n) is 3.76. The first-order valence-electron chi connectivity index (χ1n) is 10.4. The van der Waals surface area contributed by atoms with Gasteiger partial charge in [-0.1, -0.05) is 19.9 Å². The van der Waals surface area contributed by atoms with Gasteiger partial charge in [-0.15, -0.1) is 0 Å². The van der Waals surface area contributed by atoms with Gasteiger partial charge in [0.05, 0.1) is 24.1 Å². The van der Waals surface area contributed by atoms with Crippen molar-refractivity contribution < 1.29 is 4.74 Å². The van der Waals surface area contributed by atoms with E-state index in [-0.39, 0.29) is 18.2 Å². The molecule has 3 atom stereocenters. The Kier molecular flexibility index (Phi) is 8.45. The van der Waals surface area contributed by atoms with Gasteiger partial charge in [-0.3, -0.25) is 4.99 Å². The summed E-state index contributed by atoms with van der Waals surface area (Å²) in [6.07, 6.45) is 3.62. The number of pyridine rings is 1. The van der Waals surface area contributed by atoms with Gasteiger partial charge < -0.3 is 20.7 Å². The predicted octanol–water partition coefficient (Wildman–Crippen LogP) is 3.65. The summed E-state index contributed by atoms with van der Waals surface area (Å²) in [5.74, 6) is 1.63. The molecule has 0 radical (unpaired) electrons. The zero-order valence-corrected chi connectivity index (χ0v) is 18.4. The molecule has 0 amide bonds. The van der Waals surface area contributed by atoms with Gasteiger partial charge in [-0.25, -0.2) is 4.98 Å². The topological polar surface area (TPSA) is 70.6 Å². The summed E-state index contributed by atoms with van der Waals surface area (Å²) in [7, 11) is 1.87. The average molecular weight is 388 g/mol. The van der Waals surface area contributed by atoms with Crippen molar-refractivity contribution in [1.82, 2.24) is 15.6 Å². The summed E-state index contributed by atoms with van der Waals surface area (Å²) in [4.78, 5) is 9.63. The van der Waals surface area contributed by atoms with Crippen LogP contribution in [0.3, 0.4) is 0 Å². The van der Waals surface area contributed by atoms with Crippen LogP contribution >= 0.6 is 0 Å². The Labute approximate surface area is 170 Å². The standard InChI is InChI=1S/C22H37N5O/c1-8-9-16(4)28-20-10-11-24-13-19(20)26-18(6)27-22-21(17(5)23-7)14(2)12-15(3)25-22/h12,16,19-20,23-24H,5,8-11,13H2,1-4,6-7H3,(H,25,26,27). The number of ether oxygens (including phenoxy) is 1. The molecule has 0 spiro atoms. The molecule has 3 N–H and O–H groups in total. The van der Waals surface area contributed by atoms with Crippen molar-refractivity contribution in [2.45, 2.75) is 72.1 Å². The van der Waals surface area contributed by atoms with Crippen molar-refractivity contribution in [3.05, 3.63) is 29.5 Å². The number of nitrogens with zero attached hydrogens (tertiary/aromatic N) is 2. The molecule has 2 heterocycles. The summed E-state index contributed by atoms with van der Waals surface area (Å²) < 4.78 is 6.30. The number of nitrogens with one attached hydrogen (secondary N) is 3. The third kappa shape index (κ3) is 6.04. The van der Waals surface area contributed by atoms with Gasteiger partial charge in [0.1, 0.15) is 5.82 Å². The SMILES string of the molecule is C=C(NC)c1c(C)cc(C)nc1NC(C)=NC1CNCCC1OC(C)CCC. The maximum atomic E-state index is 6.30. The van der Waals surface area contributed by atoms with Crippen LogP contribution in [0, 0.1) is 13.8 Å². The molecule has 156 valence electrons. The summed E-state index contributed by atoms with van der Waals surface area (Å²) >= 11 is 0. The number of hydrogen-bond donors (Lipinski definition) is 3. The third-order valence-electron chi connectivity index (χ3n) is 5.10. The van der Waals surface area contributed by atoms with Crippen LogP contribution < -0.4 is 16.0 Å². The lowest BCUT2D eigenvalue weighted by Gasteiger charge is -2.32. The van der Waals surface area contributed by atoms with Crippen LogP contribution in [0.4, 0.5) is 5.82 Å². The second-order valence-electron chi connectivity index (χ2n) is 7.71. The van der Waals surface area contributed by atoms with Crippen LogP contribution in [0.5, 0.6) is 0 Å². The minimum atomic E-state index is 0.0995. The highest BCUT2D eigenvalue weighted by Gasteiger charge is 2.27. The number of piperidine rings is 1. The highest BCUT2D eigenvalue weighted by Crippen LogP contribution is 2.24. The van der Waals surface area contributed by atoms with Gasteiger partial charge >= 0.3 is 0 Å². The molecule has 6 nitrogen and oxygen atoms in total. The summed E-state index contributed by atoms with van der Waals surface area (Å²) in [5.41, 5.74) is 3.94. The van der Waals surface area contributed by atoms with E-state index < -0.39 is 0 Å². The molecule has 0 aliphatic carbocycles. The number of aromatic nitrogens is 1. The Morgan fingerprint density at radius 2 is 2.21 bits per heavy atom. The molecular formula is C22H37N5O. The lowest BCUT2D eigenvalue weighted by Crippen LogP contribution is -2.46. The molecule has 2 rings (SSSR count). The molecule has 6 heteroatoms. The van der Waals surface area contributed by atoms with Gasteiger partial charge in [0, 0.05) is 30.5 Å². The quantitative estimate of drug-likeness (QED) is 0.469. The lowest BCUT2D eigenvalue weighted by molar-refractivity contribution is -0.0302. The molecule has 1 saturated heterocycles. The second-order valence-corrected chi connectivity index (χ2v) is 7.71. The zero-order valence-electron chi connectivity index (χ0n) is 18.4. The molecule has 1 aromatic rings. The van der Waals surface area contributed by atoms with Crippen molar-refractivity contribution in [3.8, 4) is 0 Å². The second kappa shape index (κ2) is 10.6. The van der Waals surface area contributed by atoms with E-state index >= 15 is 0 Å². The van der Waals surface area contributed by atoms with Crippen molar-refractivity contribution in [2.75, 3.05) is 25.5 Å². The van der Waals surface area contributed by atoms with Crippen molar-refractivity contribution in [3.63, 3.8) is 0 Å². The normalized spacial score (nSPS) is 21.3. The van der Waals surface area contributed by atoms with Crippen molar-refractivity contribution >= 4 is 17.4 Å². The number of hydrogen-bond acceptors (Lipinski definition) is 5. The van der Waals surface area contributed by atoms with E-state index in [1.165, 1.54) is 0 Å². The van der Waals surface area contributed by atoms with Crippen LogP contribution in [0.25, 0.3) is 5.70 Å². The number of amidine groups is 1. The number of rotatable bonds is 8. The van der Waals surface area contributed by atoms with Crippen molar-refractivity contribution in [2.24, 2.45) is 4.99 Å². The monoisotopic (exact) mass is 387 g/mol. The van der Waals surface area contributed by atoms with E-state index in [1.54, 1.807) is 0 Å². The lowest BCUT2D eigenvalue weighted by atomic mass is 10.0. The van der Waals surface area contributed by atoms with Crippen LogP contribution in [0.2, 0.25) is 0 Å². The number of aryl methyl sites for hydroxylation is 2.